The van der Waals surface area contributed by atoms with Crippen LogP contribution in [0.15, 0.2) is 35.5 Å². The normalized spacial score (nSPS) is 17.7. The Bertz CT molecular complexity index is 1060. The summed E-state index contributed by atoms with van der Waals surface area (Å²) in [6.45, 7) is 7.41. The topological polar surface area (TPSA) is 57.5 Å². The molecule has 5 heterocycles. The first-order chi connectivity index (χ1) is 14.2. The van der Waals surface area contributed by atoms with Gasteiger partial charge in [0.25, 0.3) is 5.56 Å². The zero-order valence-corrected chi connectivity index (χ0v) is 18.8. The van der Waals surface area contributed by atoms with E-state index in [0.717, 1.165) is 68.3 Å². The van der Waals surface area contributed by atoms with Crippen molar-refractivity contribution in [2.24, 2.45) is 0 Å². The zero-order valence-electron chi connectivity index (χ0n) is 17.2. The number of piperazine rings is 1. The highest BCUT2D eigenvalue weighted by Gasteiger charge is 2.22. The lowest BCUT2D eigenvalue weighted by atomic mass is 10.1. The van der Waals surface area contributed by atoms with Crippen molar-refractivity contribution in [2.75, 3.05) is 51.2 Å². The third-order valence-corrected chi connectivity index (χ3v) is 7.15. The van der Waals surface area contributed by atoms with E-state index in [1.54, 1.807) is 22.2 Å². The molecule has 9 heteroatoms. The highest BCUT2D eigenvalue weighted by molar-refractivity contribution is 7.18. The molecule has 0 aromatic carbocycles. The van der Waals surface area contributed by atoms with Gasteiger partial charge in [-0.15, -0.1) is 23.7 Å². The fourth-order valence-corrected chi connectivity index (χ4v) is 5.55. The van der Waals surface area contributed by atoms with Crippen LogP contribution in [0.4, 0.5) is 5.82 Å². The lowest BCUT2D eigenvalue weighted by Gasteiger charge is -2.35. The molecule has 2 aliphatic rings. The Morgan fingerprint density at radius 1 is 1.07 bits per heavy atom. The number of hydrogen-bond donors (Lipinski definition) is 0. The number of likely N-dealkylation sites (N-methyl/N-ethyl adjacent to an activating group) is 1. The fraction of sp³-hybridized carbons (Fsp3) is 0.476. The van der Waals surface area contributed by atoms with Crippen molar-refractivity contribution in [3.63, 3.8) is 0 Å². The van der Waals surface area contributed by atoms with Gasteiger partial charge in [-0.2, -0.15) is 0 Å². The van der Waals surface area contributed by atoms with Gasteiger partial charge >= 0.3 is 0 Å². The van der Waals surface area contributed by atoms with Crippen molar-refractivity contribution in [2.45, 2.75) is 19.5 Å². The summed E-state index contributed by atoms with van der Waals surface area (Å²) in [7, 11) is 2.13. The van der Waals surface area contributed by atoms with Crippen molar-refractivity contribution in [1.82, 2.24) is 24.3 Å². The predicted octanol–water partition coefficient (Wildman–Crippen LogP) is 2.08. The van der Waals surface area contributed by atoms with Crippen LogP contribution in [-0.2, 0) is 19.5 Å². The molecule has 0 amide bonds. The standard InChI is InChI=1S/C21H26N6OS.ClH/c1-24-7-5-16-17(14-24)29-20-19(16)21(28)27(15-23-20)13-10-25-8-11-26(12-9-25)18-4-2-3-6-22-18;/h2-4,6,15H,5,7-14H2,1H3;1H. The molecule has 0 atom stereocenters. The van der Waals surface area contributed by atoms with E-state index in [2.05, 4.69) is 37.8 Å². The minimum atomic E-state index is 0. The first kappa shape index (κ1) is 21.2. The molecule has 5 rings (SSSR count). The van der Waals surface area contributed by atoms with Crippen molar-refractivity contribution in [3.05, 3.63) is 51.5 Å². The van der Waals surface area contributed by atoms with Crippen LogP contribution in [0.2, 0.25) is 0 Å². The Hall–Kier alpha value is -2.00. The first-order valence-corrected chi connectivity index (χ1v) is 11.1. The van der Waals surface area contributed by atoms with E-state index < -0.39 is 0 Å². The molecule has 30 heavy (non-hydrogen) atoms. The lowest BCUT2D eigenvalue weighted by molar-refractivity contribution is 0.246. The van der Waals surface area contributed by atoms with Gasteiger partial charge in [-0.05, 0) is 31.2 Å². The van der Waals surface area contributed by atoms with Crippen molar-refractivity contribution >= 4 is 39.8 Å². The highest BCUT2D eigenvalue weighted by atomic mass is 35.5. The van der Waals surface area contributed by atoms with Crippen LogP contribution in [0.25, 0.3) is 10.2 Å². The number of aromatic nitrogens is 3. The van der Waals surface area contributed by atoms with Gasteiger partial charge in [0.15, 0.2) is 0 Å². The second-order valence-electron chi connectivity index (χ2n) is 7.93. The molecule has 0 saturated carbocycles. The third kappa shape index (κ3) is 4.09. The van der Waals surface area contributed by atoms with Gasteiger partial charge in [-0.3, -0.25) is 14.3 Å². The number of rotatable bonds is 4. The number of thiophene rings is 1. The smallest absolute Gasteiger partial charge is 0.262 e. The van der Waals surface area contributed by atoms with Gasteiger partial charge in [0.1, 0.15) is 10.6 Å². The average Bonchev–Trinajstić information content (AvgIpc) is 3.12. The maximum atomic E-state index is 13.1. The molecule has 0 aliphatic carbocycles. The molecule has 7 nitrogen and oxygen atoms in total. The maximum absolute atomic E-state index is 13.1. The summed E-state index contributed by atoms with van der Waals surface area (Å²) in [5.74, 6) is 1.05. The molecule has 1 fully saturated rings. The van der Waals surface area contributed by atoms with Gasteiger partial charge in [0, 0.05) is 63.4 Å². The number of halogens is 1. The van der Waals surface area contributed by atoms with E-state index in [1.807, 2.05) is 18.3 Å². The highest BCUT2D eigenvalue weighted by Crippen LogP contribution is 2.31. The monoisotopic (exact) mass is 446 g/mol. The van der Waals surface area contributed by atoms with Gasteiger partial charge in [0.05, 0.1) is 11.7 Å². The Balaban J connectivity index is 0.00000218. The Morgan fingerprint density at radius 3 is 2.67 bits per heavy atom. The van der Waals surface area contributed by atoms with E-state index >= 15 is 0 Å². The molecule has 1 saturated heterocycles. The van der Waals surface area contributed by atoms with Gasteiger partial charge in [0.2, 0.25) is 0 Å². The molecule has 0 spiro atoms. The average molecular weight is 447 g/mol. The molecule has 0 N–H and O–H groups in total. The minimum absolute atomic E-state index is 0. The van der Waals surface area contributed by atoms with Gasteiger partial charge < -0.3 is 9.80 Å². The molecular weight excluding hydrogens is 420 g/mol. The second kappa shape index (κ2) is 9.01. The summed E-state index contributed by atoms with van der Waals surface area (Å²) >= 11 is 1.68. The van der Waals surface area contributed by atoms with Crippen LogP contribution < -0.4 is 10.5 Å². The molecule has 0 unspecified atom stereocenters. The summed E-state index contributed by atoms with van der Waals surface area (Å²) in [5.41, 5.74) is 1.36. The number of pyridine rings is 1. The van der Waals surface area contributed by atoms with E-state index in [9.17, 15) is 4.79 Å². The van der Waals surface area contributed by atoms with E-state index in [4.69, 9.17) is 0 Å². The van der Waals surface area contributed by atoms with Crippen LogP contribution in [0, 0.1) is 0 Å². The summed E-state index contributed by atoms with van der Waals surface area (Å²) in [5, 5.41) is 0.862. The number of nitrogens with zero attached hydrogens (tertiary/aromatic N) is 6. The largest absolute Gasteiger partial charge is 0.354 e. The van der Waals surface area contributed by atoms with Crippen LogP contribution in [-0.4, -0.2) is 70.7 Å². The zero-order chi connectivity index (χ0) is 19.8. The van der Waals surface area contributed by atoms with Crippen molar-refractivity contribution in [3.8, 4) is 0 Å². The van der Waals surface area contributed by atoms with Crippen molar-refractivity contribution in [1.29, 1.82) is 0 Å². The fourth-order valence-electron chi connectivity index (χ4n) is 4.30. The van der Waals surface area contributed by atoms with E-state index in [-0.39, 0.29) is 18.0 Å². The lowest BCUT2D eigenvalue weighted by Crippen LogP contribution is -2.47. The summed E-state index contributed by atoms with van der Waals surface area (Å²) in [6, 6.07) is 6.05. The van der Waals surface area contributed by atoms with Crippen molar-refractivity contribution < 1.29 is 0 Å². The van der Waals surface area contributed by atoms with Crippen LogP contribution in [0.5, 0.6) is 0 Å². The first-order valence-electron chi connectivity index (χ1n) is 10.3. The predicted molar refractivity (Wildman–Crippen MR) is 124 cm³/mol. The SMILES string of the molecule is CN1CCc2c(sc3ncn(CCN4CCN(c5ccccn5)CC4)c(=O)c23)C1.Cl. The Labute approximate surface area is 186 Å². The maximum Gasteiger partial charge on any atom is 0.262 e. The van der Waals surface area contributed by atoms with Crippen LogP contribution >= 0.6 is 23.7 Å². The summed E-state index contributed by atoms with van der Waals surface area (Å²) in [4.78, 5) is 31.5. The second-order valence-corrected chi connectivity index (χ2v) is 9.02. The Morgan fingerprint density at radius 2 is 1.90 bits per heavy atom. The molecular formula is C21H27ClN6OS. The third-order valence-electron chi connectivity index (χ3n) is 6.02. The number of anilines is 1. The van der Waals surface area contributed by atoms with Crippen LogP contribution in [0.3, 0.4) is 0 Å². The quantitative estimate of drug-likeness (QED) is 0.611. The summed E-state index contributed by atoms with van der Waals surface area (Å²) < 4.78 is 1.80. The summed E-state index contributed by atoms with van der Waals surface area (Å²) in [6.07, 6.45) is 4.53. The van der Waals surface area contributed by atoms with Gasteiger partial charge in [-0.25, -0.2) is 9.97 Å². The molecule has 0 bridgehead atoms. The van der Waals surface area contributed by atoms with E-state index in [0.29, 0.717) is 6.54 Å². The molecule has 3 aromatic heterocycles. The minimum Gasteiger partial charge on any atom is -0.354 e. The molecule has 3 aromatic rings. The number of hydrogen-bond acceptors (Lipinski definition) is 7. The Kier molecular flexibility index (Phi) is 6.38. The molecule has 160 valence electrons. The molecule has 0 radical (unpaired) electrons. The van der Waals surface area contributed by atoms with Gasteiger partial charge in [-0.1, -0.05) is 6.07 Å². The number of fused-ring (bicyclic) bond motifs is 3. The van der Waals surface area contributed by atoms with E-state index in [1.165, 1.54) is 10.4 Å². The molecule has 2 aliphatic heterocycles. The van der Waals surface area contributed by atoms with Crippen LogP contribution in [0.1, 0.15) is 10.4 Å².